The Labute approximate surface area is 154 Å². The van der Waals surface area contributed by atoms with Crippen LogP contribution in [-0.2, 0) is 0 Å². The van der Waals surface area contributed by atoms with Crippen molar-refractivity contribution in [2.75, 3.05) is 49.6 Å². The molecular weight excluding hydrogens is 328 g/mol. The number of carbonyl (C=O) groups is 1. The van der Waals surface area contributed by atoms with Crippen LogP contribution in [0.5, 0.6) is 0 Å². The zero-order valence-electron chi connectivity index (χ0n) is 15.5. The second-order valence-corrected chi connectivity index (χ2v) is 6.52. The Morgan fingerprint density at radius 2 is 1.77 bits per heavy atom. The lowest BCUT2D eigenvalue weighted by Crippen LogP contribution is -2.47. The second kappa shape index (κ2) is 8.60. The first-order valence-electron chi connectivity index (χ1n) is 9.19. The average molecular weight is 354 g/mol. The maximum absolute atomic E-state index is 12.3. The number of rotatable bonds is 6. The molecular formula is C19H26N6O. The van der Waals surface area contributed by atoms with E-state index in [0.29, 0.717) is 5.69 Å². The molecule has 1 aliphatic heterocycles. The van der Waals surface area contributed by atoms with Gasteiger partial charge in [0, 0.05) is 46.0 Å². The van der Waals surface area contributed by atoms with E-state index in [9.17, 15) is 4.79 Å². The molecule has 1 saturated heterocycles. The quantitative estimate of drug-likeness (QED) is 0.791. The lowest BCUT2D eigenvalue weighted by atomic mass is 10.2. The van der Waals surface area contributed by atoms with Crippen molar-refractivity contribution in [3.63, 3.8) is 0 Å². The smallest absolute Gasteiger partial charge is 0.274 e. The zero-order valence-corrected chi connectivity index (χ0v) is 15.5. The summed E-state index contributed by atoms with van der Waals surface area (Å²) in [5.74, 6) is 1.75. The summed E-state index contributed by atoms with van der Waals surface area (Å²) in [6, 6.07) is 9.64. The molecule has 0 N–H and O–H groups in total. The van der Waals surface area contributed by atoms with Crippen LogP contribution in [0, 0.1) is 0 Å². The number of hydrogen-bond acceptors (Lipinski definition) is 6. The van der Waals surface area contributed by atoms with Gasteiger partial charge in [0.1, 0.15) is 5.82 Å². The molecule has 138 valence electrons. The van der Waals surface area contributed by atoms with Crippen molar-refractivity contribution in [3.8, 4) is 0 Å². The topological polar surface area (TPSA) is 65.5 Å². The first kappa shape index (κ1) is 18.1. The van der Waals surface area contributed by atoms with Gasteiger partial charge in [-0.1, -0.05) is 19.4 Å². The molecule has 7 nitrogen and oxygen atoms in total. The number of piperazine rings is 1. The third kappa shape index (κ3) is 4.28. The van der Waals surface area contributed by atoms with Crippen molar-refractivity contribution in [2.45, 2.75) is 19.8 Å². The van der Waals surface area contributed by atoms with E-state index >= 15 is 0 Å². The van der Waals surface area contributed by atoms with Crippen molar-refractivity contribution in [1.82, 2.24) is 20.1 Å². The Bertz CT molecular complexity index is 698. The maximum Gasteiger partial charge on any atom is 0.274 e. The Morgan fingerprint density at radius 1 is 1.04 bits per heavy atom. The summed E-state index contributed by atoms with van der Waals surface area (Å²) in [6.45, 7) is 6.34. The molecule has 1 amide bonds. The number of hydrogen-bond donors (Lipinski definition) is 0. The molecule has 26 heavy (non-hydrogen) atoms. The molecule has 7 heteroatoms. The van der Waals surface area contributed by atoms with Crippen molar-refractivity contribution >= 4 is 17.5 Å². The molecule has 0 bridgehead atoms. The number of pyridine rings is 1. The number of nitrogens with zero attached hydrogens (tertiary/aromatic N) is 6. The van der Waals surface area contributed by atoms with E-state index < -0.39 is 0 Å². The predicted octanol–water partition coefficient (Wildman–Crippen LogP) is 2.07. The largest absolute Gasteiger partial charge is 0.353 e. The van der Waals surface area contributed by atoms with Gasteiger partial charge in [0.05, 0.1) is 0 Å². The van der Waals surface area contributed by atoms with E-state index in [2.05, 4.69) is 31.9 Å². The van der Waals surface area contributed by atoms with E-state index in [-0.39, 0.29) is 5.91 Å². The Balaban J connectivity index is 1.57. The molecule has 0 atom stereocenters. The summed E-state index contributed by atoms with van der Waals surface area (Å²) in [6.07, 6.45) is 3.88. The minimum atomic E-state index is -0.0718. The Kier molecular flexibility index (Phi) is 5.99. The summed E-state index contributed by atoms with van der Waals surface area (Å²) in [5.41, 5.74) is 0.402. The van der Waals surface area contributed by atoms with E-state index in [1.54, 1.807) is 11.0 Å². The number of aromatic nitrogens is 3. The number of amides is 1. The van der Waals surface area contributed by atoms with Crippen LogP contribution in [-0.4, -0.2) is 65.8 Å². The number of carbonyl (C=O) groups excluding carboxylic acids is 1. The average Bonchev–Trinajstić information content (AvgIpc) is 2.72. The molecule has 0 aromatic carbocycles. The molecule has 0 radical (unpaired) electrons. The van der Waals surface area contributed by atoms with Crippen LogP contribution in [0.3, 0.4) is 0 Å². The van der Waals surface area contributed by atoms with Crippen molar-refractivity contribution in [3.05, 3.63) is 42.2 Å². The minimum absolute atomic E-state index is 0.0718. The van der Waals surface area contributed by atoms with Crippen LogP contribution >= 0.6 is 0 Å². The van der Waals surface area contributed by atoms with Gasteiger partial charge in [-0.3, -0.25) is 4.79 Å². The van der Waals surface area contributed by atoms with Gasteiger partial charge in [0.2, 0.25) is 0 Å². The van der Waals surface area contributed by atoms with Gasteiger partial charge in [0.15, 0.2) is 11.5 Å². The molecule has 2 aromatic rings. The summed E-state index contributed by atoms with van der Waals surface area (Å²) >= 11 is 0. The van der Waals surface area contributed by atoms with E-state index in [1.165, 1.54) is 0 Å². The fraction of sp³-hybridized carbons (Fsp3) is 0.474. The van der Waals surface area contributed by atoms with Gasteiger partial charge in [-0.2, -0.15) is 0 Å². The zero-order chi connectivity index (χ0) is 18.4. The van der Waals surface area contributed by atoms with Crippen LogP contribution in [0.1, 0.15) is 30.3 Å². The Morgan fingerprint density at radius 3 is 2.35 bits per heavy atom. The van der Waals surface area contributed by atoms with Gasteiger partial charge in [-0.15, -0.1) is 10.2 Å². The number of unbranched alkanes of at least 4 members (excludes halogenated alkanes) is 1. The van der Waals surface area contributed by atoms with Crippen LogP contribution in [0.25, 0.3) is 0 Å². The van der Waals surface area contributed by atoms with Gasteiger partial charge in [-0.25, -0.2) is 4.98 Å². The molecule has 0 saturated carbocycles. The Hall–Kier alpha value is -2.70. The monoisotopic (exact) mass is 354 g/mol. The van der Waals surface area contributed by atoms with Crippen LogP contribution in [0.2, 0.25) is 0 Å². The molecule has 0 unspecified atom stereocenters. The highest BCUT2D eigenvalue weighted by Gasteiger charge is 2.20. The van der Waals surface area contributed by atoms with Crippen LogP contribution < -0.4 is 9.80 Å². The summed E-state index contributed by atoms with van der Waals surface area (Å²) in [7, 11) is 1.81. The molecule has 2 aromatic heterocycles. The summed E-state index contributed by atoms with van der Waals surface area (Å²) in [5, 5.41) is 8.43. The third-order valence-electron chi connectivity index (χ3n) is 4.64. The van der Waals surface area contributed by atoms with E-state index in [1.807, 2.05) is 37.5 Å². The standard InChI is InChI=1S/C19H26N6O/c1-3-4-11-23(2)19(26)16-8-9-18(22-21-16)25-14-12-24(13-15-25)17-7-5-6-10-20-17/h5-10H,3-4,11-15H2,1-2H3. The first-order valence-corrected chi connectivity index (χ1v) is 9.19. The molecule has 1 aliphatic rings. The second-order valence-electron chi connectivity index (χ2n) is 6.52. The van der Waals surface area contributed by atoms with Crippen molar-refractivity contribution in [1.29, 1.82) is 0 Å². The molecule has 0 aliphatic carbocycles. The predicted molar refractivity (Wildman–Crippen MR) is 103 cm³/mol. The van der Waals surface area contributed by atoms with Crippen LogP contribution in [0.15, 0.2) is 36.5 Å². The van der Waals surface area contributed by atoms with E-state index in [4.69, 9.17) is 0 Å². The first-order chi connectivity index (χ1) is 12.7. The van der Waals surface area contributed by atoms with Crippen molar-refractivity contribution < 1.29 is 4.79 Å². The lowest BCUT2D eigenvalue weighted by molar-refractivity contribution is 0.0786. The third-order valence-corrected chi connectivity index (χ3v) is 4.64. The highest BCUT2D eigenvalue weighted by Crippen LogP contribution is 2.17. The van der Waals surface area contributed by atoms with Crippen molar-refractivity contribution in [2.24, 2.45) is 0 Å². The molecule has 3 rings (SSSR count). The van der Waals surface area contributed by atoms with Gasteiger partial charge in [0.25, 0.3) is 5.91 Å². The summed E-state index contributed by atoms with van der Waals surface area (Å²) < 4.78 is 0. The molecule has 0 spiro atoms. The maximum atomic E-state index is 12.3. The van der Waals surface area contributed by atoms with Gasteiger partial charge >= 0.3 is 0 Å². The fourth-order valence-electron chi connectivity index (χ4n) is 3.01. The van der Waals surface area contributed by atoms with E-state index in [0.717, 1.165) is 57.2 Å². The summed E-state index contributed by atoms with van der Waals surface area (Å²) in [4.78, 5) is 22.9. The molecule has 1 fully saturated rings. The fourth-order valence-corrected chi connectivity index (χ4v) is 3.01. The highest BCUT2D eigenvalue weighted by atomic mass is 16.2. The SMILES string of the molecule is CCCCN(C)C(=O)c1ccc(N2CCN(c3ccccn3)CC2)nn1. The highest BCUT2D eigenvalue weighted by molar-refractivity contribution is 5.92. The number of anilines is 2. The minimum Gasteiger partial charge on any atom is -0.353 e. The van der Waals surface area contributed by atoms with Crippen LogP contribution in [0.4, 0.5) is 11.6 Å². The normalized spacial score (nSPS) is 14.4. The van der Waals surface area contributed by atoms with Gasteiger partial charge in [-0.05, 0) is 30.7 Å². The lowest BCUT2D eigenvalue weighted by Gasteiger charge is -2.35. The van der Waals surface area contributed by atoms with Gasteiger partial charge < -0.3 is 14.7 Å². The molecule has 3 heterocycles.